The first-order valence-corrected chi connectivity index (χ1v) is 2.79. The molecule has 0 radical (unpaired) electrons. The molecule has 0 fully saturated rings. The van der Waals surface area contributed by atoms with Crippen LogP contribution in [0.1, 0.15) is 0 Å². The first-order chi connectivity index (χ1) is 4.22. The highest BCUT2D eigenvalue weighted by atomic mass is 32.1. The number of rotatable bonds is 0. The number of hydrogen-bond donors (Lipinski definition) is 1. The molecule has 0 heterocycles. The maximum absolute atomic E-state index is 12.3. The van der Waals surface area contributed by atoms with Gasteiger partial charge in [-0.3, -0.25) is 23.5 Å². The summed E-state index contributed by atoms with van der Waals surface area (Å²) in [5, 5.41) is 0. The standard InChI is InChI=1S/C6H4F2S.5FH/c7-4-2-1-3-5(8)6(4)9;;;;;/h1-3,9H;5*1H. The fraction of sp³-hybridized carbons (Fsp3) is 0. The van der Waals surface area contributed by atoms with Crippen LogP contribution in [0.15, 0.2) is 23.1 Å². The van der Waals surface area contributed by atoms with Gasteiger partial charge < -0.3 is 0 Å². The summed E-state index contributed by atoms with van der Waals surface area (Å²) < 4.78 is 24.5. The van der Waals surface area contributed by atoms with Crippen LogP contribution >= 0.6 is 12.6 Å². The summed E-state index contributed by atoms with van der Waals surface area (Å²) in [6.07, 6.45) is 0. The second-order valence-electron chi connectivity index (χ2n) is 1.57. The van der Waals surface area contributed by atoms with Crippen LogP contribution < -0.4 is 0 Å². The van der Waals surface area contributed by atoms with Crippen molar-refractivity contribution in [3.8, 4) is 0 Å². The van der Waals surface area contributed by atoms with Gasteiger partial charge in [0.15, 0.2) is 0 Å². The minimum atomic E-state index is -0.627. The highest BCUT2D eigenvalue weighted by molar-refractivity contribution is 7.80. The van der Waals surface area contributed by atoms with E-state index in [0.29, 0.717) is 0 Å². The highest BCUT2D eigenvalue weighted by Gasteiger charge is 2.00. The molecular weight excluding hydrogens is 237 g/mol. The Balaban J connectivity index is -0.0000000540. The third kappa shape index (κ3) is 6.58. The zero-order valence-electron chi connectivity index (χ0n) is 6.48. The van der Waals surface area contributed by atoms with Gasteiger partial charge in [-0.2, -0.15) is 0 Å². The lowest BCUT2D eigenvalue weighted by Crippen LogP contribution is -1.81. The molecule has 88 valence electrons. The van der Waals surface area contributed by atoms with Crippen LogP contribution in [0.4, 0.5) is 32.3 Å². The number of thiol groups is 1. The first-order valence-electron chi connectivity index (χ1n) is 2.35. The van der Waals surface area contributed by atoms with Crippen molar-refractivity contribution in [2.45, 2.75) is 4.90 Å². The summed E-state index contributed by atoms with van der Waals surface area (Å²) in [7, 11) is 0. The van der Waals surface area contributed by atoms with Crippen molar-refractivity contribution >= 4 is 12.6 Å². The van der Waals surface area contributed by atoms with E-state index in [9.17, 15) is 8.78 Å². The zero-order chi connectivity index (χ0) is 6.85. The minimum absolute atomic E-state index is 0. The van der Waals surface area contributed by atoms with Crippen LogP contribution in [-0.4, -0.2) is 0 Å². The third-order valence-corrected chi connectivity index (χ3v) is 1.36. The Morgan fingerprint density at radius 2 is 1.07 bits per heavy atom. The molecule has 0 aliphatic rings. The Morgan fingerprint density at radius 1 is 0.786 bits per heavy atom. The summed E-state index contributed by atoms with van der Waals surface area (Å²) >= 11 is 3.56. The molecule has 8 heteroatoms. The number of benzene rings is 1. The van der Waals surface area contributed by atoms with Crippen molar-refractivity contribution in [1.29, 1.82) is 0 Å². The van der Waals surface area contributed by atoms with E-state index in [0.717, 1.165) is 12.1 Å². The Labute approximate surface area is 80.6 Å². The maximum atomic E-state index is 12.3. The SMILES string of the molecule is F.F.F.F.F.Fc1cccc(F)c1S. The van der Waals surface area contributed by atoms with Gasteiger partial charge in [0.05, 0.1) is 4.90 Å². The van der Waals surface area contributed by atoms with E-state index < -0.39 is 11.6 Å². The average molecular weight is 246 g/mol. The molecule has 1 aromatic rings. The van der Waals surface area contributed by atoms with Crippen LogP contribution in [0.2, 0.25) is 0 Å². The van der Waals surface area contributed by atoms with Crippen molar-refractivity contribution in [3.63, 3.8) is 0 Å². The van der Waals surface area contributed by atoms with Gasteiger partial charge in [0.2, 0.25) is 0 Å². The molecule has 0 N–H and O–H groups in total. The topological polar surface area (TPSA) is 0 Å². The van der Waals surface area contributed by atoms with Crippen LogP contribution in [0.5, 0.6) is 0 Å². The Hall–Kier alpha value is -0.920. The predicted molar refractivity (Wildman–Crippen MR) is 46.1 cm³/mol. The molecule has 0 aromatic heterocycles. The molecule has 0 amide bonds. The maximum Gasteiger partial charge on any atom is 0.139 e. The molecule has 0 aliphatic heterocycles. The van der Waals surface area contributed by atoms with Crippen molar-refractivity contribution in [2.75, 3.05) is 0 Å². The summed E-state index contributed by atoms with van der Waals surface area (Å²) in [4.78, 5) is -0.225. The largest absolute Gasteiger partial charge is 0.269 e. The Bertz CT molecular complexity index is 209. The van der Waals surface area contributed by atoms with Gasteiger partial charge in [0.1, 0.15) is 11.6 Å². The molecule has 0 spiro atoms. The Morgan fingerprint density at radius 3 is 1.29 bits per heavy atom. The molecule has 1 rings (SSSR count). The predicted octanol–water partition coefficient (Wildman–Crippen LogP) is 3.02. The van der Waals surface area contributed by atoms with Gasteiger partial charge in [0.25, 0.3) is 0 Å². The van der Waals surface area contributed by atoms with E-state index >= 15 is 0 Å². The minimum Gasteiger partial charge on any atom is -0.269 e. The fourth-order valence-electron chi connectivity index (χ4n) is 0.489. The molecule has 1 aromatic carbocycles. The van der Waals surface area contributed by atoms with Crippen molar-refractivity contribution in [2.24, 2.45) is 0 Å². The van der Waals surface area contributed by atoms with E-state index in [1.54, 1.807) is 0 Å². The van der Waals surface area contributed by atoms with Gasteiger partial charge in [-0.1, -0.05) is 6.07 Å². The van der Waals surface area contributed by atoms with Crippen molar-refractivity contribution < 1.29 is 32.3 Å². The number of hydrogen-bond acceptors (Lipinski definition) is 1. The fourth-order valence-corrected chi connectivity index (χ4v) is 0.638. The van der Waals surface area contributed by atoms with E-state index in [-0.39, 0.29) is 28.4 Å². The van der Waals surface area contributed by atoms with Gasteiger partial charge in [-0.05, 0) is 12.1 Å². The summed E-state index contributed by atoms with van der Waals surface area (Å²) in [6.45, 7) is 0. The van der Waals surface area contributed by atoms with Crippen molar-refractivity contribution in [1.82, 2.24) is 0 Å². The zero-order valence-corrected chi connectivity index (χ0v) is 7.37. The average Bonchev–Trinajstić information content (AvgIpc) is 1.83. The van der Waals surface area contributed by atoms with Gasteiger partial charge in [-0.25, -0.2) is 8.78 Å². The van der Waals surface area contributed by atoms with Crippen LogP contribution in [-0.2, 0) is 0 Å². The Kier molecular flexibility index (Phi) is 25.2. The van der Waals surface area contributed by atoms with Crippen LogP contribution in [0.25, 0.3) is 0 Å². The molecule has 0 saturated carbocycles. The summed E-state index contributed by atoms with van der Waals surface area (Å²) in [5.74, 6) is -1.25. The van der Waals surface area contributed by atoms with Crippen LogP contribution in [0.3, 0.4) is 0 Å². The lowest BCUT2D eigenvalue weighted by atomic mass is 10.3. The highest BCUT2D eigenvalue weighted by Crippen LogP contribution is 2.14. The smallest absolute Gasteiger partial charge is 0.139 e. The van der Waals surface area contributed by atoms with E-state index in [4.69, 9.17) is 0 Å². The van der Waals surface area contributed by atoms with Crippen molar-refractivity contribution in [3.05, 3.63) is 29.8 Å². The van der Waals surface area contributed by atoms with Crippen LogP contribution in [0, 0.1) is 11.6 Å². The summed E-state index contributed by atoms with van der Waals surface area (Å²) in [5.41, 5.74) is 0. The monoisotopic (exact) mass is 246 g/mol. The quantitative estimate of drug-likeness (QED) is 0.528. The van der Waals surface area contributed by atoms with Gasteiger partial charge >= 0.3 is 0 Å². The molecule has 0 nitrogen and oxygen atoms in total. The first kappa shape index (κ1) is 29.2. The molecule has 0 saturated heterocycles. The molecule has 0 bridgehead atoms. The number of halogens is 7. The molecule has 0 aliphatic carbocycles. The summed E-state index contributed by atoms with van der Waals surface area (Å²) in [6, 6.07) is 3.61. The molecule has 14 heavy (non-hydrogen) atoms. The lowest BCUT2D eigenvalue weighted by Gasteiger charge is -1.93. The lowest BCUT2D eigenvalue weighted by molar-refractivity contribution is 0.541. The molecular formula is C6H9F7S. The molecule has 0 atom stereocenters. The van der Waals surface area contributed by atoms with E-state index in [1.807, 2.05) is 0 Å². The second-order valence-corrected chi connectivity index (χ2v) is 2.02. The third-order valence-electron chi connectivity index (χ3n) is 0.938. The van der Waals surface area contributed by atoms with Gasteiger partial charge in [-0.15, -0.1) is 12.6 Å². The van der Waals surface area contributed by atoms with E-state index in [1.165, 1.54) is 6.07 Å². The normalized spacial score (nSPS) is 6.21. The van der Waals surface area contributed by atoms with E-state index in [2.05, 4.69) is 12.6 Å². The molecule has 0 unspecified atom stereocenters. The second kappa shape index (κ2) is 12.1. The van der Waals surface area contributed by atoms with Gasteiger partial charge in [0, 0.05) is 0 Å².